The van der Waals surface area contributed by atoms with Crippen molar-refractivity contribution in [2.24, 2.45) is 5.92 Å². The standard InChI is InChI=1S/C13H18FNO3/c1-8(2)12(7-16)15-6-10-5-9(13(17)18)3-4-11(10)14/h3-5,8,12,15-16H,6-7H2,1-2H3,(H,17,18). The Morgan fingerprint density at radius 1 is 1.44 bits per heavy atom. The van der Waals surface area contributed by atoms with Crippen LogP contribution in [0.3, 0.4) is 0 Å². The van der Waals surface area contributed by atoms with Gasteiger partial charge in [0.25, 0.3) is 0 Å². The predicted molar refractivity (Wildman–Crippen MR) is 65.9 cm³/mol. The van der Waals surface area contributed by atoms with Crippen LogP contribution >= 0.6 is 0 Å². The summed E-state index contributed by atoms with van der Waals surface area (Å²) in [5.41, 5.74) is 0.340. The minimum Gasteiger partial charge on any atom is -0.478 e. The van der Waals surface area contributed by atoms with E-state index in [-0.39, 0.29) is 36.2 Å². The third-order valence-corrected chi connectivity index (χ3v) is 2.85. The van der Waals surface area contributed by atoms with Gasteiger partial charge in [-0.2, -0.15) is 0 Å². The summed E-state index contributed by atoms with van der Waals surface area (Å²) in [6.45, 7) is 4.03. The molecule has 0 radical (unpaired) electrons. The molecular weight excluding hydrogens is 237 g/mol. The third-order valence-electron chi connectivity index (χ3n) is 2.85. The number of halogens is 1. The molecule has 3 N–H and O–H groups in total. The molecule has 0 aliphatic heterocycles. The van der Waals surface area contributed by atoms with E-state index in [2.05, 4.69) is 5.32 Å². The zero-order valence-corrected chi connectivity index (χ0v) is 10.5. The fourth-order valence-electron chi connectivity index (χ4n) is 1.60. The fourth-order valence-corrected chi connectivity index (χ4v) is 1.60. The summed E-state index contributed by atoms with van der Waals surface area (Å²) in [7, 11) is 0. The smallest absolute Gasteiger partial charge is 0.335 e. The summed E-state index contributed by atoms with van der Waals surface area (Å²) in [6.07, 6.45) is 0. The highest BCUT2D eigenvalue weighted by Crippen LogP contribution is 2.12. The topological polar surface area (TPSA) is 69.6 Å². The minimum atomic E-state index is -1.08. The van der Waals surface area contributed by atoms with Gasteiger partial charge in [-0.05, 0) is 24.1 Å². The van der Waals surface area contributed by atoms with Crippen molar-refractivity contribution in [2.45, 2.75) is 26.4 Å². The molecule has 1 aromatic rings. The number of carbonyl (C=O) groups is 1. The van der Waals surface area contributed by atoms with Gasteiger partial charge in [-0.3, -0.25) is 0 Å². The summed E-state index contributed by atoms with van der Waals surface area (Å²) in [4.78, 5) is 10.8. The first kappa shape index (κ1) is 14.6. The summed E-state index contributed by atoms with van der Waals surface area (Å²) in [6, 6.07) is 3.54. The number of carboxylic acids is 1. The van der Waals surface area contributed by atoms with Crippen LogP contribution in [0.1, 0.15) is 29.8 Å². The van der Waals surface area contributed by atoms with Crippen LogP contribution in [0.15, 0.2) is 18.2 Å². The van der Waals surface area contributed by atoms with Crippen molar-refractivity contribution >= 4 is 5.97 Å². The van der Waals surface area contributed by atoms with Crippen molar-refractivity contribution in [2.75, 3.05) is 6.61 Å². The van der Waals surface area contributed by atoms with Crippen LogP contribution in [-0.2, 0) is 6.54 Å². The number of carboxylic acid groups (broad SMARTS) is 1. The molecule has 0 bridgehead atoms. The number of hydrogen-bond donors (Lipinski definition) is 3. The number of hydrogen-bond acceptors (Lipinski definition) is 3. The van der Waals surface area contributed by atoms with Crippen LogP contribution < -0.4 is 5.32 Å². The molecule has 1 aromatic carbocycles. The number of aromatic carboxylic acids is 1. The van der Waals surface area contributed by atoms with Crippen LogP contribution in [0.25, 0.3) is 0 Å². The SMILES string of the molecule is CC(C)C(CO)NCc1cc(C(=O)O)ccc1F. The molecule has 0 aliphatic rings. The molecule has 0 amide bonds. The minimum absolute atomic E-state index is 0.0437. The molecule has 0 heterocycles. The van der Waals surface area contributed by atoms with Crippen molar-refractivity contribution in [3.63, 3.8) is 0 Å². The van der Waals surface area contributed by atoms with Crippen LogP contribution in [0.2, 0.25) is 0 Å². The number of aliphatic hydroxyl groups excluding tert-OH is 1. The second-order valence-electron chi connectivity index (χ2n) is 4.53. The van der Waals surface area contributed by atoms with E-state index < -0.39 is 11.8 Å². The quantitative estimate of drug-likeness (QED) is 0.722. The molecule has 0 saturated heterocycles. The fraction of sp³-hybridized carbons (Fsp3) is 0.462. The monoisotopic (exact) mass is 255 g/mol. The van der Waals surface area contributed by atoms with Gasteiger partial charge in [0.15, 0.2) is 0 Å². The molecule has 0 fully saturated rings. The number of benzene rings is 1. The molecule has 0 aliphatic carbocycles. The molecule has 4 nitrogen and oxygen atoms in total. The molecular formula is C13H18FNO3. The molecule has 0 spiro atoms. The van der Waals surface area contributed by atoms with E-state index in [4.69, 9.17) is 10.2 Å². The Balaban J connectivity index is 2.77. The number of nitrogens with one attached hydrogen (secondary N) is 1. The summed E-state index contributed by atoms with van der Waals surface area (Å²) >= 11 is 0. The van der Waals surface area contributed by atoms with Crippen LogP contribution in [0.5, 0.6) is 0 Å². The zero-order valence-electron chi connectivity index (χ0n) is 10.5. The van der Waals surface area contributed by atoms with Gasteiger partial charge in [0.05, 0.1) is 12.2 Å². The van der Waals surface area contributed by atoms with Gasteiger partial charge in [-0.25, -0.2) is 9.18 Å². The van der Waals surface area contributed by atoms with E-state index in [9.17, 15) is 9.18 Å². The van der Waals surface area contributed by atoms with E-state index in [0.29, 0.717) is 0 Å². The second-order valence-corrected chi connectivity index (χ2v) is 4.53. The van der Waals surface area contributed by atoms with Gasteiger partial charge < -0.3 is 15.5 Å². The zero-order chi connectivity index (χ0) is 13.7. The first-order valence-corrected chi connectivity index (χ1v) is 5.81. The van der Waals surface area contributed by atoms with E-state index in [1.165, 1.54) is 12.1 Å². The molecule has 5 heteroatoms. The van der Waals surface area contributed by atoms with Gasteiger partial charge in [-0.1, -0.05) is 13.8 Å². The third kappa shape index (κ3) is 3.78. The van der Waals surface area contributed by atoms with Crippen molar-refractivity contribution < 1.29 is 19.4 Å². The number of rotatable bonds is 6. The van der Waals surface area contributed by atoms with Crippen molar-refractivity contribution in [3.8, 4) is 0 Å². The van der Waals surface area contributed by atoms with Crippen LogP contribution in [0.4, 0.5) is 4.39 Å². The van der Waals surface area contributed by atoms with Gasteiger partial charge >= 0.3 is 5.97 Å². The second kappa shape index (κ2) is 6.47. The lowest BCUT2D eigenvalue weighted by Gasteiger charge is -2.20. The van der Waals surface area contributed by atoms with Gasteiger partial charge in [0.1, 0.15) is 5.82 Å². The molecule has 0 saturated carbocycles. The van der Waals surface area contributed by atoms with Crippen molar-refractivity contribution in [1.29, 1.82) is 0 Å². The highest BCUT2D eigenvalue weighted by molar-refractivity contribution is 5.87. The Labute approximate surface area is 105 Å². The van der Waals surface area contributed by atoms with E-state index in [1.54, 1.807) is 0 Å². The van der Waals surface area contributed by atoms with E-state index >= 15 is 0 Å². The van der Waals surface area contributed by atoms with Gasteiger partial charge in [0.2, 0.25) is 0 Å². The average molecular weight is 255 g/mol. The first-order chi connectivity index (χ1) is 8.45. The van der Waals surface area contributed by atoms with Gasteiger partial charge in [0, 0.05) is 18.2 Å². The maximum absolute atomic E-state index is 13.5. The van der Waals surface area contributed by atoms with Crippen LogP contribution in [0, 0.1) is 11.7 Å². The lowest BCUT2D eigenvalue weighted by atomic mass is 10.0. The van der Waals surface area contributed by atoms with Gasteiger partial charge in [-0.15, -0.1) is 0 Å². The normalized spacial score (nSPS) is 12.7. The summed E-state index contributed by atoms with van der Waals surface area (Å²) in [5, 5.41) is 21.0. The van der Waals surface area contributed by atoms with Crippen molar-refractivity contribution in [3.05, 3.63) is 35.1 Å². The van der Waals surface area contributed by atoms with E-state index in [0.717, 1.165) is 6.07 Å². The van der Waals surface area contributed by atoms with Crippen LogP contribution in [-0.4, -0.2) is 28.8 Å². The molecule has 18 heavy (non-hydrogen) atoms. The summed E-state index contributed by atoms with van der Waals surface area (Å²) in [5.74, 6) is -1.33. The first-order valence-electron chi connectivity index (χ1n) is 5.81. The molecule has 1 atom stereocenters. The molecule has 100 valence electrons. The summed E-state index contributed by atoms with van der Waals surface area (Å²) < 4.78 is 13.5. The van der Waals surface area contributed by atoms with E-state index in [1.807, 2.05) is 13.8 Å². The Kier molecular flexibility index (Phi) is 5.25. The predicted octanol–water partition coefficient (Wildman–Crippen LogP) is 1.63. The lowest BCUT2D eigenvalue weighted by molar-refractivity contribution is 0.0696. The molecule has 1 unspecified atom stereocenters. The van der Waals surface area contributed by atoms with Crippen molar-refractivity contribution in [1.82, 2.24) is 5.32 Å². The highest BCUT2D eigenvalue weighted by Gasteiger charge is 2.13. The Morgan fingerprint density at radius 2 is 2.11 bits per heavy atom. The Bertz CT molecular complexity index is 421. The average Bonchev–Trinajstić information content (AvgIpc) is 2.31. The maximum Gasteiger partial charge on any atom is 0.335 e. The molecule has 1 rings (SSSR count). The lowest BCUT2D eigenvalue weighted by Crippen LogP contribution is -2.36. The maximum atomic E-state index is 13.5. The largest absolute Gasteiger partial charge is 0.478 e. The Morgan fingerprint density at radius 3 is 2.61 bits per heavy atom. The molecule has 0 aromatic heterocycles. The highest BCUT2D eigenvalue weighted by atomic mass is 19.1. The Hall–Kier alpha value is -1.46. The number of aliphatic hydroxyl groups is 1.